The molecule has 0 radical (unpaired) electrons. The van der Waals surface area contributed by atoms with Crippen molar-refractivity contribution in [2.45, 2.75) is 59.0 Å². The van der Waals surface area contributed by atoms with Gasteiger partial charge in [-0.15, -0.1) is 0 Å². The average Bonchev–Trinajstić information content (AvgIpc) is 2.47. The molecule has 0 aromatic heterocycles. The standard InChI is InChI=1S/C21H28O2/c1-16(2)7-5-8-17(3)9-6-13-21(4)14-12-18-15-19(22)10-11-20(18)23-21/h7,9-12,14-15,22H,5-6,8,13H2,1-4H3/t21-/m1/s1. The minimum atomic E-state index is -0.277. The lowest BCUT2D eigenvalue weighted by atomic mass is 9.94. The quantitative estimate of drug-likeness (QED) is 0.650. The number of hydrogen-bond acceptors (Lipinski definition) is 2. The molecule has 1 atom stereocenters. The second-order valence-corrected chi connectivity index (χ2v) is 6.88. The predicted octanol–water partition coefficient (Wildman–Crippen LogP) is 6.03. The van der Waals surface area contributed by atoms with Gasteiger partial charge in [-0.05, 0) is 77.7 Å². The van der Waals surface area contributed by atoms with Crippen LogP contribution in [0.5, 0.6) is 11.5 Å². The first-order chi connectivity index (χ1) is 10.9. The average molecular weight is 312 g/mol. The Morgan fingerprint density at radius 2 is 1.96 bits per heavy atom. The summed E-state index contributed by atoms with van der Waals surface area (Å²) in [4.78, 5) is 0. The third kappa shape index (κ3) is 5.31. The van der Waals surface area contributed by atoms with Crippen molar-refractivity contribution in [3.63, 3.8) is 0 Å². The molecule has 2 nitrogen and oxygen atoms in total. The number of rotatable bonds is 6. The van der Waals surface area contributed by atoms with Crippen LogP contribution < -0.4 is 4.74 Å². The molecule has 0 fully saturated rings. The van der Waals surface area contributed by atoms with Gasteiger partial charge in [0.15, 0.2) is 0 Å². The van der Waals surface area contributed by atoms with Gasteiger partial charge in [-0.3, -0.25) is 0 Å². The number of benzene rings is 1. The zero-order valence-electron chi connectivity index (χ0n) is 14.7. The topological polar surface area (TPSA) is 29.5 Å². The summed E-state index contributed by atoms with van der Waals surface area (Å²) >= 11 is 0. The van der Waals surface area contributed by atoms with Gasteiger partial charge in [0.05, 0.1) is 0 Å². The minimum Gasteiger partial charge on any atom is -0.508 e. The van der Waals surface area contributed by atoms with E-state index in [1.165, 1.54) is 11.1 Å². The molecule has 0 bridgehead atoms. The van der Waals surface area contributed by atoms with E-state index in [1.54, 1.807) is 12.1 Å². The van der Waals surface area contributed by atoms with E-state index in [1.807, 2.05) is 12.1 Å². The Morgan fingerprint density at radius 3 is 2.70 bits per heavy atom. The molecule has 124 valence electrons. The fraction of sp³-hybridized carbons (Fsp3) is 0.429. The summed E-state index contributed by atoms with van der Waals surface area (Å²) in [6.45, 7) is 8.61. The summed E-state index contributed by atoms with van der Waals surface area (Å²) in [5.74, 6) is 1.12. The molecule has 2 heteroatoms. The van der Waals surface area contributed by atoms with Crippen molar-refractivity contribution in [3.8, 4) is 11.5 Å². The summed E-state index contributed by atoms with van der Waals surface area (Å²) in [5.41, 5.74) is 3.49. The van der Waals surface area contributed by atoms with Crippen LogP contribution >= 0.6 is 0 Å². The van der Waals surface area contributed by atoms with E-state index in [2.05, 4.69) is 45.9 Å². The Balaban J connectivity index is 1.89. The van der Waals surface area contributed by atoms with Crippen molar-refractivity contribution >= 4 is 6.08 Å². The van der Waals surface area contributed by atoms with Crippen LogP contribution in [0.25, 0.3) is 6.08 Å². The molecule has 0 saturated heterocycles. The smallest absolute Gasteiger partial charge is 0.128 e. The van der Waals surface area contributed by atoms with Crippen molar-refractivity contribution in [1.82, 2.24) is 0 Å². The molecule has 0 spiro atoms. The highest BCUT2D eigenvalue weighted by Crippen LogP contribution is 2.35. The SMILES string of the molecule is CC(C)=CCCC(C)=CCC[C@]1(C)C=Cc2cc(O)ccc2O1. The lowest BCUT2D eigenvalue weighted by Crippen LogP contribution is -2.31. The molecule has 1 heterocycles. The maximum Gasteiger partial charge on any atom is 0.128 e. The van der Waals surface area contributed by atoms with Crippen LogP contribution in [-0.4, -0.2) is 10.7 Å². The van der Waals surface area contributed by atoms with Crippen LogP contribution in [0, 0.1) is 0 Å². The maximum absolute atomic E-state index is 9.52. The predicted molar refractivity (Wildman–Crippen MR) is 97.8 cm³/mol. The van der Waals surface area contributed by atoms with Crippen LogP contribution in [0.4, 0.5) is 0 Å². The molecule has 1 aliphatic rings. The van der Waals surface area contributed by atoms with Crippen molar-refractivity contribution in [2.75, 3.05) is 0 Å². The first kappa shape index (κ1) is 17.4. The van der Waals surface area contributed by atoms with E-state index in [0.717, 1.165) is 37.0 Å². The molecule has 0 unspecified atom stereocenters. The highest BCUT2D eigenvalue weighted by molar-refractivity contribution is 5.62. The van der Waals surface area contributed by atoms with Gasteiger partial charge < -0.3 is 9.84 Å². The van der Waals surface area contributed by atoms with Gasteiger partial charge in [0, 0.05) is 5.56 Å². The number of allylic oxidation sites excluding steroid dienone is 4. The lowest BCUT2D eigenvalue weighted by Gasteiger charge is -2.31. The molecule has 0 amide bonds. The Kier molecular flexibility index (Phi) is 5.70. The number of hydrogen-bond donors (Lipinski definition) is 1. The highest BCUT2D eigenvalue weighted by atomic mass is 16.5. The molecular weight excluding hydrogens is 284 g/mol. The van der Waals surface area contributed by atoms with Gasteiger partial charge in [-0.1, -0.05) is 29.4 Å². The monoisotopic (exact) mass is 312 g/mol. The summed E-state index contributed by atoms with van der Waals surface area (Å²) in [5, 5.41) is 9.52. The van der Waals surface area contributed by atoms with Crippen LogP contribution in [0.1, 0.15) is 58.9 Å². The Hall–Kier alpha value is -1.96. The molecule has 2 rings (SSSR count). The molecule has 1 aromatic rings. The summed E-state index contributed by atoms with van der Waals surface area (Å²) < 4.78 is 6.13. The Labute approximate surface area is 140 Å². The van der Waals surface area contributed by atoms with Crippen molar-refractivity contribution < 1.29 is 9.84 Å². The van der Waals surface area contributed by atoms with Crippen LogP contribution in [0.15, 0.2) is 47.6 Å². The second-order valence-electron chi connectivity index (χ2n) is 6.88. The van der Waals surface area contributed by atoms with E-state index in [4.69, 9.17) is 4.74 Å². The van der Waals surface area contributed by atoms with Crippen molar-refractivity contribution in [1.29, 1.82) is 0 Å². The number of phenols is 1. The van der Waals surface area contributed by atoms with Gasteiger partial charge in [-0.2, -0.15) is 0 Å². The summed E-state index contributed by atoms with van der Waals surface area (Å²) in [6, 6.07) is 5.25. The molecule has 0 aliphatic carbocycles. The second kappa shape index (κ2) is 7.54. The summed E-state index contributed by atoms with van der Waals surface area (Å²) in [7, 11) is 0. The van der Waals surface area contributed by atoms with E-state index >= 15 is 0 Å². The molecule has 0 saturated carbocycles. The third-order valence-corrected chi connectivity index (χ3v) is 4.18. The van der Waals surface area contributed by atoms with Gasteiger partial charge in [0.2, 0.25) is 0 Å². The molecule has 1 aliphatic heterocycles. The molecule has 23 heavy (non-hydrogen) atoms. The number of aromatic hydroxyl groups is 1. The first-order valence-electron chi connectivity index (χ1n) is 8.38. The minimum absolute atomic E-state index is 0.274. The number of ether oxygens (including phenoxy) is 1. The molecule has 1 N–H and O–H groups in total. The van der Waals surface area contributed by atoms with Crippen molar-refractivity contribution in [3.05, 3.63) is 53.1 Å². The maximum atomic E-state index is 9.52. The zero-order valence-corrected chi connectivity index (χ0v) is 14.7. The van der Waals surface area contributed by atoms with Gasteiger partial charge in [0.25, 0.3) is 0 Å². The molecule has 1 aromatic carbocycles. The Morgan fingerprint density at radius 1 is 1.17 bits per heavy atom. The fourth-order valence-corrected chi connectivity index (χ4v) is 2.74. The number of fused-ring (bicyclic) bond motifs is 1. The largest absolute Gasteiger partial charge is 0.508 e. The molecular formula is C21H28O2. The van der Waals surface area contributed by atoms with E-state index in [9.17, 15) is 5.11 Å². The van der Waals surface area contributed by atoms with Crippen LogP contribution in [-0.2, 0) is 0 Å². The normalized spacial score (nSPS) is 19.9. The Bertz CT molecular complexity index is 633. The summed E-state index contributed by atoms with van der Waals surface area (Å²) in [6.07, 6.45) is 13.0. The van der Waals surface area contributed by atoms with Gasteiger partial charge in [-0.25, -0.2) is 0 Å². The van der Waals surface area contributed by atoms with E-state index < -0.39 is 0 Å². The number of phenolic OH excluding ortho intramolecular Hbond substituents is 1. The highest BCUT2D eigenvalue weighted by Gasteiger charge is 2.26. The fourth-order valence-electron chi connectivity index (χ4n) is 2.74. The lowest BCUT2D eigenvalue weighted by molar-refractivity contribution is 0.128. The van der Waals surface area contributed by atoms with Gasteiger partial charge >= 0.3 is 0 Å². The van der Waals surface area contributed by atoms with E-state index in [0.29, 0.717) is 0 Å². The van der Waals surface area contributed by atoms with Crippen LogP contribution in [0.3, 0.4) is 0 Å². The van der Waals surface area contributed by atoms with Crippen molar-refractivity contribution in [2.24, 2.45) is 0 Å². The third-order valence-electron chi connectivity index (χ3n) is 4.18. The van der Waals surface area contributed by atoms with E-state index in [-0.39, 0.29) is 11.4 Å². The van der Waals surface area contributed by atoms with Gasteiger partial charge in [0.1, 0.15) is 17.1 Å². The first-order valence-corrected chi connectivity index (χ1v) is 8.38. The zero-order chi connectivity index (χ0) is 16.9. The van der Waals surface area contributed by atoms with Crippen LogP contribution in [0.2, 0.25) is 0 Å².